The summed E-state index contributed by atoms with van der Waals surface area (Å²) in [4.78, 5) is 11.4. The fourth-order valence-corrected chi connectivity index (χ4v) is 1.72. The molecule has 0 unspecified atom stereocenters. The Morgan fingerprint density at radius 3 is 2.55 bits per heavy atom. The molecule has 0 radical (unpaired) electrons. The van der Waals surface area contributed by atoms with Gasteiger partial charge in [0.2, 0.25) is 5.91 Å². The average Bonchev–Trinajstić information content (AvgIpc) is 2.41. The molecule has 0 aromatic heterocycles. The molecule has 0 atom stereocenters. The first-order valence-electron chi connectivity index (χ1n) is 6.50. The Morgan fingerprint density at radius 2 is 1.90 bits per heavy atom. The number of rotatable bonds is 5. The third kappa shape index (κ3) is 4.09. The predicted molar refractivity (Wildman–Crippen MR) is 76.5 cm³/mol. The fourth-order valence-electron chi connectivity index (χ4n) is 1.72. The molecule has 0 heterocycles. The summed E-state index contributed by atoms with van der Waals surface area (Å²) >= 11 is 0. The van der Waals surface area contributed by atoms with Gasteiger partial charge in [0.25, 0.3) is 0 Å². The smallest absolute Gasteiger partial charge is 0.224 e. The number of amides is 1. The first-order chi connectivity index (χ1) is 9.67. The Kier molecular flexibility index (Phi) is 4.71. The van der Waals surface area contributed by atoms with Gasteiger partial charge in [-0.2, -0.15) is 0 Å². The van der Waals surface area contributed by atoms with Crippen LogP contribution in [0.25, 0.3) is 0 Å². The van der Waals surface area contributed by atoms with Crippen LogP contribution in [0.15, 0.2) is 48.5 Å². The van der Waals surface area contributed by atoms with Gasteiger partial charge in [-0.25, -0.2) is 4.39 Å². The summed E-state index contributed by atoms with van der Waals surface area (Å²) in [5.74, 6) is 0.675. The Morgan fingerprint density at radius 1 is 1.15 bits per heavy atom. The van der Waals surface area contributed by atoms with Gasteiger partial charge < -0.3 is 10.1 Å². The molecule has 0 fully saturated rings. The number of benzene rings is 2. The van der Waals surface area contributed by atoms with Gasteiger partial charge in [0.15, 0.2) is 0 Å². The third-order valence-electron chi connectivity index (χ3n) is 2.65. The van der Waals surface area contributed by atoms with E-state index in [9.17, 15) is 9.18 Å². The summed E-state index contributed by atoms with van der Waals surface area (Å²) in [7, 11) is 0. The van der Waals surface area contributed by atoms with Gasteiger partial charge in [0.05, 0.1) is 0 Å². The molecule has 0 aliphatic rings. The topological polar surface area (TPSA) is 38.3 Å². The highest BCUT2D eigenvalue weighted by molar-refractivity contribution is 5.90. The molecule has 20 heavy (non-hydrogen) atoms. The van der Waals surface area contributed by atoms with Crippen molar-refractivity contribution in [2.24, 2.45) is 0 Å². The zero-order chi connectivity index (χ0) is 14.4. The molecular weight excluding hydrogens is 257 g/mol. The second kappa shape index (κ2) is 6.70. The molecule has 4 heteroatoms. The molecule has 0 bridgehead atoms. The minimum absolute atomic E-state index is 0.00806. The summed E-state index contributed by atoms with van der Waals surface area (Å²) < 4.78 is 18.5. The number of carbonyl (C=O) groups is 1. The monoisotopic (exact) mass is 273 g/mol. The molecule has 104 valence electrons. The van der Waals surface area contributed by atoms with Crippen LogP contribution >= 0.6 is 0 Å². The summed E-state index contributed by atoms with van der Waals surface area (Å²) in [6.07, 6.45) is 1.31. The van der Waals surface area contributed by atoms with E-state index in [4.69, 9.17) is 4.74 Å². The molecule has 2 aromatic carbocycles. The van der Waals surface area contributed by atoms with Crippen LogP contribution in [-0.2, 0) is 4.79 Å². The Bertz CT molecular complexity index is 581. The first kappa shape index (κ1) is 14.1. The summed E-state index contributed by atoms with van der Waals surface area (Å²) in [5.41, 5.74) is 0.718. The lowest BCUT2D eigenvalue weighted by Gasteiger charge is -2.08. The molecule has 3 nitrogen and oxygen atoms in total. The second-order valence-electron chi connectivity index (χ2n) is 4.38. The van der Waals surface area contributed by atoms with Crippen molar-refractivity contribution in [2.75, 3.05) is 5.32 Å². The van der Waals surface area contributed by atoms with E-state index in [1.807, 2.05) is 6.92 Å². The summed E-state index contributed by atoms with van der Waals surface area (Å²) in [6, 6.07) is 12.9. The molecule has 0 aliphatic heterocycles. The van der Waals surface area contributed by atoms with E-state index in [0.29, 0.717) is 17.9 Å². The van der Waals surface area contributed by atoms with Crippen molar-refractivity contribution in [3.05, 3.63) is 54.3 Å². The normalized spacial score (nSPS) is 10.1. The van der Waals surface area contributed by atoms with Crippen molar-refractivity contribution in [1.29, 1.82) is 0 Å². The highest BCUT2D eigenvalue weighted by Gasteiger charge is 2.02. The molecule has 2 aromatic rings. The van der Waals surface area contributed by atoms with Gasteiger partial charge in [-0.05, 0) is 42.8 Å². The number of nitrogens with one attached hydrogen (secondary N) is 1. The van der Waals surface area contributed by atoms with Gasteiger partial charge in [0.1, 0.15) is 17.3 Å². The molecule has 1 amide bonds. The molecular formula is C16H16FNO2. The number of halogens is 1. The lowest BCUT2D eigenvalue weighted by molar-refractivity contribution is -0.116. The minimum Gasteiger partial charge on any atom is -0.457 e. The van der Waals surface area contributed by atoms with Gasteiger partial charge >= 0.3 is 0 Å². The third-order valence-corrected chi connectivity index (χ3v) is 2.65. The van der Waals surface area contributed by atoms with Crippen molar-refractivity contribution < 1.29 is 13.9 Å². The van der Waals surface area contributed by atoms with Crippen LogP contribution in [0.5, 0.6) is 11.5 Å². The highest BCUT2D eigenvalue weighted by atomic mass is 19.1. The maximum atomic E-state index is 13.0. The van der Waals surface area contributed by atoms with E-state index < -0.39 is 0 Å². The van der Waals surface area contributed by atoms with Crippen LogP contribution in [0.1, 0.15) is 19.8 Å². The maximum Gasteiger partial charge on any atom is 0.224 e. The van der Waals surface area contributed by atoms with Gasteiger partial charge in [0, 0.05) is 18.2 Å². The second-order valence-corrected chi connectivity index (χ2v) is 4.38. The number of carbonyl (C=O) groups excluding carboxylic acids is 1. The quantitative estimate of drug-likeness (QED) is 0.879. The molecule has 2 rings (SSSR count). The van der Waals surface area contributed by atoms with E-state index in [1.165, 1.54) is 12.1 Å². The minimum atomic E-state index is -0.342. The first-order valence-corrected chi connectivity index (χ1v) is 6.50. The van der Waals surface area contributed by atoms with Gasteiger partial charge in [-0.3, -0.25) is 4.79 Å². The van der Waals surface area contributed by atoms with Gasteiger partial charge in [-0.1, -0.05) is 13.0 Å². The van der Waals surface area contributed by atoms with Crippen LogP contribution in [-0.4, -0.2) is 5.91 Å². The fraction of sp³-hybridized carbons (Fsp3) is 0.188. The Labute approximate surface area is 117 Å². The lowest BCUT2D eigenvalue weighted by Crippen LogP contribution is -2.10. The van der Waals surface area contributed by atoms with Crippen molar-refractivity contribution in [2.45, 2.75) is 19.8 Å². The van der Waals surface area contributed by atoms with E-state index in [-0.39, 0.29) is 11.7 Å². The Balaban J connectivity index is 1.99. The van der Waals surface area contributed by atoms with E-state index in [0.717, 1.165) is 12.1 Å². The largest absolute Gasteiger partial charge is 0.457 e. The van der Waals surface area contributed by atoms with E-state index in [2.05, 4.69) is 5.32 Å². The van der Waals surface area contributed by atoms with Crippen molar-refractivity contribution in [3.63, 3.8) is 0 Å². The highest BCUT2D eigenvalue weighted by Crippen LogP contribution is 2.23. The number of anilines is 1. The average molecular weight is 273 g/mol. The zero-order valence-electron chi connectivity index (χ0n) is 11.2. The van der Waals surface area contributed by atoms with Crippen molar-refractivity contribution in [1.82, 2.24) is 0 Å². The van der Waals surface area contributed by atoms with Crippen LogP contribution in [0, 0.1) is 5.82 Å². The molecule has 0 saturated heterocycles. The van der Waals surface area contributed by atoms with Crippen LogP contribution < -0.4 is 10.1 Å². The molecule has 1 N–H and O–H groups in total. The standard InChI is InChI=1S/C16H16FNO2/c1-2-4-16(19)18-13-7-9-14(10-8-13)20-15-6-3-5-12(17)11-15/h3,5-11H,2,4H2,1H3,(H,18,19). The van der Waals surface area contributed by atoms with Crippen LogP contribution in [0.3, 0.4) is 0 Å². The molecule has 0 saturated carbocycles. The zero-order valence-corrected chi connectivity index (χ0v) is 11.2. The lowest BCUT2D eigenvalue weighted by atomic mass is 10.2. The predicted octanol–water partition coefficient (Wildman–Crippen LogP) is 4.36. The van der Waals surface area contributed by atoms with Crippen molar-refractivity contribution in [3.8, 4) is 11.5 Å². The number of hydrogen-bond donors (Lipinski definition) is 1. The molecule has 0 spiro atoms. The van der Waals surface area contributed by atoms with Crippen molar-refractivity contribution >= 4 is 11.6 Å². The maximum absolute atomic E-state index is 13.0. The number of hydrogen-bond acceptors (Lipinski definition) is 2. The Hall–Kier alpha value is -2.36. The van der Waals surface area contributed by atoms with E-state index >= 15 is 0 Å². The van der Waals surface area contributed by atoms with Crippen LogP contribution in [0.2, 0.25) is 0 Å². The SMILES string of the molecule is CCCC(=O)Nc1ccc(Oc2cccc(F)c2)cc1. The summed E-state index contributed by atoms with van der Waals surface area (Å²) in [6.45, 7) is 1.95. The van der Waals surface area contributed by atoms with Crippen LogP contribution in [0.4, 0.5) is 10.1 Å². The van der Waals surface area contributed by atoms with E-state index in [1.54, 1.807) is 36.4 Å². The van der Waals surface area contributed by atoms with Gasteiger partial charge in [-0.15, -0.1) is 0 Å². The molecule has 0 aliphatic carbocycles. The summed E-state index contributed by atoms with van der Waals surface area (Å²) in [5, 5.41) is 2.79. The number of ether oxygens (including phenoxy) is 1.